The van der Waals surface area contributed by atoms with Crippen LogP contribution < -0.4 is 0 Å². The van der Waals surface area contributed by atoms with Crippen LogP contribution in [0.15, 0.2) is 10.7 Å². The highest BCUT2D eigenvalue weighted by Crippen LogP contribution is 2.06. The van der Waals surface area contributed by atoms with E-state index in [0.29, 0.717) is 0 Å². The monoisotopic (exact) mass is 182 g/mol. The summed E-state index contributed by atoms with van der Waals surface area (Å²) >= 11 is 0. The third kappa shape index (κ3) is 2.56. The fourth-order valence-corrected chi connectivity index (χ4v) is 0.759. The number of hydrogen-bond donors (Lipinski definition) is 3. The van der Waals surface area contributed by atoms with Crippen molar-refractivity contribution in [2.75, 3.05) is 0 Å². The van der Waals surface area contributed by atoms with Crippen molar-refractivity contribution in [3.63, 3.8) is 0 Å². The maximum atomic E-state index is 10.1. The Morgan fingerprint density at radius 2 is 1.64 bits per heavy atom. The quantitative estimate of drug-likeness (QED) is 0.308. The maximum absolute atomic E-state index is 10.1. The minimum atomic E-state index is -4.79. The molecule has 0 aliphatic heterocycles. The molecule has 7 heteroatoms. The van der Waals surface area contributed by atoms with Crippen LogP contribution in [0.3, 0.4) is 0 Å². The van der Waals surface area contributed by atoms with E-state index in [2.05, 4.69) is 0 Å². The average Bonchev–Trinajstić information content (AvgIpc) is 1.82. The highest BCUT2D eigenvalue weighted by molar-refractivity contribution is 7.89. The average molecular weight is 182 g/mol. The lowest BCUT2D eigenvalue weighted by molar-refractivity contribution is -0.132. The molecule has 0 aromatic carbocycles. The molecular formula is C4H6O6S. The van der Waals surface area contributed by atoms with Gasteiger partial charge in [0, 0.05) is 0 Å². The predicted octanol–water partition coefficient (Wildman–Crippen LogP) is -0.252. The summed E-state index contributed by atoms with van der Waals surface area (Å²) in [7, 11) is -4.79. The fourth-order valence-electron chi connectivity index (χ4n) is 0.285. The van der Waals surface area contributed by atoms with Crippen molar-refractivity contribution in [1.29, 1.82) is 0 Å². The molecule has 0 aromatic rings. The van der Waals surface area contributed by atoms with Crippen molar-refractivity contribution < 1.29 is 28.0 Å². The molecule has 0 rings (SSSR count). The molecule has 0 saturated carbocycles. The van der Waals surface area contributed by atoms with Crippen molar-refractivity contribution in [3.8, 4) is 0 Å². The van der Waals surface area contributed by atoms with E-state index in [1.807, 2.05) is 0 Å². The Hall–Kier alpha value is -1.08. The van der Waals surface area contributed by atoms with Crippen LogP contribution in [0.25, 0.3) is 0 Å². The number of aliphatic hydroxyl groups excluding tert-OH is 1. The van der Waals surface area contributed by atoms with Gasteiger partial charge in [-0.3, -0.25) is 4.55 Å². The second kappa shape index (κ2) is 2.89. The number of aliphatic carboxylic acids is 1. The molecule has 0 unspecified atom stereocenters. The van der Waals surface area contributed by atoms with Crippen LogP contribution in [-0.2, 0) is 14.9 Å². The third-order valence-electron chi connectivity index (χ3n) is 0.886. The van der Waals surface area contributed by atoms with Crippen LogP contribution in [0.4, 0.5) is 0 Å². The van der Waals surface area contributed by atoms with Gasteiger partial charge in [0.2, 0.25) is 5.09 Å². The Morgan fingerprint density at radius 3 is 1.73 bits per heavy atom. The SMILES string of the molecule is CC(C(=O)O)=C(O)S(=O)(=O)O. The van der Waals surface area contributed by atoms with Crippen LogP contribution in [-0.4, -0.2) is 29.2 Å². The summed E-state index contributed by atoms with van der Waals surface area (Å²) in [6.07, 6.45) is 0. The van der Waals surface area contributed by atoms with E-state index in [-0.39, 0.29) is 0 Å². The summed E-state index contributed by atoms with van der Waals surface area (Å²) in [4.78, 5) is 9.99. The summed E-state index contributed by atoms with van der Waals surface area (Å²) in [5.41, 5.74) is -0.826. The van der Waals surface area contributed by atoms with E-state index in [0.717, 1.165) is 6.92 Å². The number of aliphatic hydroxyl groups is 1. The summed E-state index contributed by atoms with van der Waals surface area (Å²) < 4.78 is 28.2. The van der Waals surface area contributed by atoms with Gasteiger partial charge in [-0.15, -0.1) is 0 Å². The number of hydrogen-bond acceptors (Lipinski definition) is 4. The molecule has 6 nitrogen and oxygen atoms in total. The standard InChI is InChI=1S/C4H6O6S/c1-2(3(5)6)4(7)11(8,9)10/h7H,1H3,(H,5,6)(H,8,9,10). The van der Waals surface area contributed by atoms with E-state index in [4.69, 9.17) is 14.8 Å². The van der Waals surface area contributed by atoms with Gasteiger partial charge in [0.15, 0.2) is 0 Å². The van der Waals surface area contributed by atoms with Gasteiger partial charge in [0.25, 0.3) is 0 Å². The van der Waals surface area contributed by atoms with Crippen LogP contribution in [0.2, 0.25) is 0 Å². The first-order valence-electron chi connectivity index (χ1n) is 2.37. The number of carboxylic acids is 1. The minimum Gasteiger partial charge on any atom is -0.497 e. The zero-order valence-corrected chi connectivity index (χ0v) is 6.29. The Kier molecular flexibility index (Phi) is 2.60. The highest BCUT2D eigenvalue weighted by atomic mass is 32.2. The molecule has 0 atom stereocenters. The van der Waals surface area contributed by atoms with Gasteiger partial charge in [-0.05, 0) is 6.92 Å². The van der Waals surface area contributed by atoms with Gasteiger partial charge >= 0.3 is 16.1 Å². The highest BCUT2D eigenvalue weighted by Gasteiger charge is 2.19. The summed E-state index contributed by atoms with van der Waals surface area (Å²) in [5, 5.41) is 15.1. The Balaban J connectivity index is 5.16. The zero-order chi connectivity index (χ0) is 9.23. The molecule has 0 radical (unpaired) electrons. The second-order valence-electron chi connectivity index (χ2n) is 1.71. The van der Waals surface area contributed by atoms with Gasteiger partial charge in [0.1, 0.15) is 0 Å². The van der Waals surface area contributed by atoms with Crippen molar-refractivity contribution in [3.05, 3.63) is 10.7 Å². The molecule has 0 fully saturated rings. The Morgan fingerprint density at radius 1 is 1.27 bits per heavy atom. The molecule has 3 N–H and O–H groups in total. The lowest BCUT2D eigenvalue weighted by atomic mass is 10.3. The van der Waals surface area contributed by atoms with E-state index < -0.39 is 26.8 Å². The van der Waals surface area contributed by atoms with Crippen LogP contribution >= 0.6 is 0 Å². The molecule has 0 amide bonds. The van der Waals surface area contributed by atoms with E-state index >= 15 is 0 Å². The molecule has 64 valence electrons. The first-order chi connectivity index (χ1) is 4.76. The first-order valence-corrected chi connectivity index (χ1v) is 3.81. The largest absolute Gasteiger partial charge is 0.497 e. The molecule has 11 heavy (non-hydrogen) atoms. The van der Waals surface area contributed by atoms with E-state index in [1.165, 1.54) is 0 Å². The van der Waals surface area contributed by atoms with E-state index in [1.54, 1.807) is 0 Å². The Labute approximate surface area is 62.5 Å². The van der Waals surface area contributed by atoms with Gasteiger partial charge < -0.3 is 10.2 Å². The van der Waals surface area contributed by atoms with Gasteiger partial charge in [-0.2, -0.15) is 8.42 Å². The molecule has 0 heterocycles. The zero-order valence-electron chi connectivity index (χ0n) is 5.47. The van der Waals surface area contributed by atoms with Crippen molar-refractivity contribution in [1.82, 2.24) is 0 Å². The lowest BCUT2D eigenvalue weighted by Crippen LogP contribution is -2.08. The van der Waals surface area contributed by atoms with Crippen molar-refractivity contribution >= 4 is 16.1 Å². The Bertz CT molecular complexity index is 297. The molecule has 0 aliphatic rings. The maximum Gasteiger partial charge on any atom is 0.335 e. The molecular weight excluding hydrogens is 176 g/mol. The molecule has 0 aliphatic carbocycles. The van der Waals surface area contributed by atoms with Gasteiger partial charge in [-0.1, -0.05) is 0 Å². The molecule has 0 aromatic heterocycles. The molecule has 0 spiro atoms. The third-order valence-corrected chi connectivity index (χ3v) is 1.68. The summed E-state index contributed by atoms with van der Waals surface area (Å²) in [6.45, 7) is 0.853. The smallest absolute Gasteiger partial charge is 0.335 e. The second-order valence-corrected chi connectivity index (χ2v) is 3.05. The van der Waals surface area contributed by atoms with Gasteiger partial charge in [0.05, 0.1) is 5.57 Å². The normalized spacial score (nSPS) is 14.0. The number of carbonyl (C=O) groups is 1. The molecule has 0 saturated heterocycles. The topological polar surface area (TPSA) is 112 Å². The van der Waals surface area contributed by atoms with Crippen LogP contribution in [0.1, 0.15) is 6.92 Å². The summed E-state index contributed by atoms with van der Waals surface area (Å²) in [5.74, 6) is -1.61. The fraction of sp³-hybridized carbons (Fsp3) is 0.250. The van der Waals surface area contributed by atoms with Gasteiger partial charge in [-0.25, -0.2) is 4.79 Å². The minimum absolute atomic E-state index is 0.826. The lowest BCUT2D eigenvalue weighted by Gasteiger charge is -1.96. The van der Waals surface area contributed by atoms with Crippen LogP contribution in [0.5, 0.6) is 0 Å². The summed E-state index contributed by atoms with van der Waals surface area (Å²) in [6, 6.07) is 0. The van der Waals surface area contributed by atoms with Crippen LogP contribution in [0, 0.1) is 0 Å². The predicted molar refractivity (Wildman–Crippen MR) is 34.5 cm³/mol. The molecule has 0 bridgehead atoms. The van der Waals surface area contributed by atoms with Crippen molar-refractivity contribution in [2.24, 2.45) is 0 Å². The number of rotatable bonds is 2. The first kappa shape index (κ1) is 9.92. The number of carboxylic acid groups (broad SMARTS) is 1. The van der Waals surface area contributed by atoms with Crippen molar-refractivity contribution in [2.45, 2.75) is 6.92 Å². The van der Waals surface area contributed by atoms with E-state index in [9.17, 15) is 13.2 Å².